The van der Waals surface area contributed by atoms with Crippen LogP contribution in [0.25, 0.3) is 0 Å². The maximum Gasteiger partial charge on any atom is 0.241 e. The van der Waals surface area contributed by atoms with Gasteiger partial charge in [0.05, 0.1) is 0 Å². The van der Waals surface area contributed by atoms with E-state index in [1.54, 1.807) is 0 Å². The number of carbonyl (C=O) groups is 1. The molecule has 0 aliphatic heterocycles. The highest BCUT2D eigenvalue weighted by atomic mass is 127. The number of guanidine groups is 1. The van der Waals surface area contributed by atoms with Gasteiger partial charge in [-0.1, -0.05) is 44.2 Å². The highest BCUT2D eigenvalue weighted by molar-refractivity contribution is 14.0. The van der Waals surface area contributed by atoms with Crippen molar-refractivity contribution in [1.29, 1.82) is 0 Å². The number of hydrogen-bond donors (Lipinski definition) is 3. The Hall–Kier alpha value is -1.31. The van der Waals surface area contributed by atoms with Crippen molar-refractivity contribution in [3.63, 3.8) is 0 Å². The Morgan fingerprint density at radius 1 is 1.08 bits per heavy atom. The van der Waals surface area contributed by atoms with Crippen LogP contribution in [0.4, 0.5) is 0 Å². The standard InChI is InChI=1S/C18H30N4O.HI/c1-4-19-18(21-12-10-15(2)3)22-14-17(23)20-13-11-16-8-6-5-7-9-16;/h5-9,15H,4,10-14H2,1-3H3,(H,20,23)(H2,19,21,22);1H. The molecule has 1 aromatic rings. The lowest BCUT2D eigenvalue weighted by atomic mass is 10.1. The zero-order valence-electron chi connectivity index (χ0n) is 15.0. The molecule has 0 radical (unpaired) electrons. The first-order chi connectivity index (χ1) is 11.1. The van der Waals surface area contributed by atoms with Crippen LogP contribution in [0.1, 0.15) is 32.8 Å². The quantitative estimate of drug-likeness (QED) is 0.311. The zero-order valence-corrected chi connectivity index (χ0v) is 17.3. The van der Waals surface area contributed by atoms with Crippen LogP contribution in [-0.4, -0.2) is 38.0 Å². The smallest absolute Gasteiger partial charge is 0.241 e. The van der Waals surface area contributed by atoms with Gasteiger partial charge in [0, 0.05) is 19.6 Å². The van der Waals surface area contributed by atoms with Crippen molar-refractivity contribution in [2.75, 3.05) is 26.2 Å². The summed E-state index contributed by atoms with van der Waals surface area (Å²) in [5.74, 6) is 1.29. The van der Waals surface area contributed by atoms with E-state index in [-0.39, 0.29) is 36.4 Å². The third kappa shape index (κ3) is 11.3. The van der Waals surface area contributed by atoms with E-state index >= 15 is 0 Å². The molecule has 0 spiro atoms. The summed E-state index contributed by atoms with van der Waals surface area (Å²) in [7, 11) is 0. The lowest BCUT2D eigenvalue weighted by molar-refractivity contribution is -0.119. The van der Waals surface area contributed by atoms with E-state index in [2.05, 4.69) is 46.9 Å². The Kier molecular flexibility index (Phi) is 13.3. The third-order valence-electron chi connectivity index (χ3n) is 3.32. The van der Waals surface area contributed by atoms with E-state index in [0.29, 0.717) is 18.4 Å². The molecule has 0 unspecified atom stereocenters. The second-order valence-electron chi connectivity index (χ2n) is 5.89. The van der Waals surface area contributed by atoms with Gasteiger partial charge in [0.15, 0.2) is 5.96 Å². The molecule has 5 nitrogen and oxygen atoms in total. The second kappa shape index (κ2) is 14.1. The molecular formula is C18H31IN4O. The van der Waals surface area contributed by atoms with Gasteiger partial charge in [-0.15, -0.1) is 24.0 Å². The first kappa shape index (κ1) is 22.7. The number of carbonyl (C=O) groups excluding carboxylic acids is 1. The predicted molar refractivity (Wildman–Crippen MR) is 112 cm³/mol. The van der Waals surface area contributed by atoms with Crippen LogP contribution in [0.3, 0.4) is 0 Å². The molecule has 136 valence electrons. The number of amides is 1. The summed E-state index contributed by atoms with van der Waals surface area (Å²) in [6, 6.07) is 10.1. The van der Waals surface area contributed by atoms with Crippen molar-refractivity contribution in [2.45, 2.75) is 33.6 Å². The fraction of sp³-hybridized carbons (Fsp3) is 0.556. The molecule has 6 heteroatoms. The summed E-state index contributed by atoms with van der Waals surface area (Å²) in [4.78, 5) is 16.2. The summed E-state index contributed by atoms with van der Waals surface area (Å²) < 4.78 is 0. The molecule has 0 saturated carbocycles. The first-order valence-corrected chi connectivity index (χ1v) is 8.44. The predicted octanol–water partition coefficient (Wildman–Crippen LogP) is 2.56. The van der Waals surface area contributed by atoms with Gasteiger partial charge in [-0.05, 0) is 31.2 Å². The molecule has 0 aliphatic rings. The molecule has 0 heterocycles. The maximum absolute atomic E-state index is 11.9. The van der Waals surface area contributed by atoms with Crippen molar-refractivity contribution < 1.29 is 4.79 Å². The number of nitrogens with zero attached hydrogens (tertiary/aromatic N) is 1. The van der Waals surface area contributed by atoms with E-state index in [9.17, 15) is 4.79 Å². The molecule has 0 bridgehead atoms. The van der Waals surface area contributed by atoms with Crippen LogP contribution < -0.4 is 16.0 Å². The van der Waals surface area contributed by atoms with E-state index in [1.807, 2.05) is 25.1 Å². The fourth-order valence-corrected chi connectivity index (χ4v) is 2.02. The van der Waals surface area contributed by atoms with Crippen molar-refractivity contribution in [2.24, 2.45) is 10.9 Å². The minimum Gasteiger partial charge on any atom is -0.357 e. The van der Waals surface area contributed by atoms with Crippen LogP contribution in [-0.2, 0) is 11.2 Å². The Morgan fingerprint density at radius 3 is 2.42 bits per heavy atom. The second-order valence-corrected chi connectivity index (χ2v) is 5.89. The number of hydrogen-bond acceptors (Lipinski definition) is 2. The molecule has 0 atom stereocenters. The number of halogens is 1. The molecule has 1 rings (SSSR count). The van der Waals surface area contributed by atoms with Crippen LogP contribution >= 0.6 is 24.0 Å². The van der Waals surface area contributed by atoms with E-state index in [1.165, 1.54) is 5.56 Å². The van der Waals surface area contributed by atoms with Crippen molar-refractivity contribution >= 4 is 35.8 Å². The van der Waals surface area contributed by atoms with E-state index in [0.717, 1.165) is 25.9 Å². The lowest BCUT2D eigenvalue weighted by Gasteiger charge is -2.12. The van der Waals surface area contributed by atoms with Gasteiger partial charge < -0.3 is 16.0 Å². The lowest BCUT2D eigenvalue weighted by Crippen LogP contribution is -2.39. The van der Waals surface area contributed by atoms with Crippen molar-refractivity contribution in [1.82, 2.24) is 16.0 Å². The summed E-state index contributed by atoms with van der Waals surface area (Å²) in [6.07, 6.45) is 1.91. The molecule has 1 aromatic carbocycles. The van der Waals surface area contributed by atoms with Crippen LogP contribution in [0.5, 0.6) is 0 Å². The minimum atomic E-state index is -0.0537. The Balaban J connectivity index is 0.00000529. The molecule has 0 saturated heterocycles. The summed E-state index contributed by atoms with van der Waals surface area (Å²) >= 11 is 0. The highest BCUT2D eigenvalue weighted by Gasteiger charge is 2.02. The zero-order chi connectivity index (χ0) is 16.9. The van der Waals surface area contributed by atoms with Crippen LogP contribution in [0, 0.1) is 5.92 Å². The first-order valence-electron chi connectivity index (χ1n) is 8.44. The van der Waals surface area contributed by atoms with Crippen LogP contribution in [0.2, 0.25) is 0 Å². The SMILES string of the molecule is CCNC(=NCC(=O)NCCc1ccccc1)NCCC(C)C.I. The van der Waals surface area contributed by atoms with Gasteiger partial charge in [0.1, 0.15) is 6.54 Å². The molecule has 1 amide bonds. The number of aliphatic imine (C=N–C) groups is 1. The number of rotatable bonds is 9. The average Bonchev–Trinajstić information content (AvgIpc) is 2.53. The summed E-state index contributed by atoms with van der Waals surface area (Å²) in [5.41, 5.74) is 1.22. The Labute approximate surface area is 163 Å². The normalized spacial score (nSPS) is 10.9. The molecule has 0 aromatic heterocycles. The maximum atomic E-state index is 11.9. The Bertz CT molecular complexity index is 477. The number of benzene rings is 1. The summed E-state index contributed by atoms with van der Waals surface area (Å²) in [5, 5.41) is 9.30. The van der Waals surface area contributed by atoms with Crippen molar-refractivity contribution in [3.8, 4) is 0 Å². The molecule has 3 N–H and O–H groups in total. The fourth-order valence-electron chi connectivity index (χ4n) is 2.02. The monoisotopic (exact) mass is 446 g/mol. The van der Waals surface area contributed by atoms with E-state index < -0.39 is 0 Å². The minimum absolute atomic E-state index is 0. The molecular weight excluding hydrogens is 415 g/mol. The van der Waals surface area contributed by atoms with E-state index in [4.69, 9.17) is 0 Å². The van der Waals surface area contributed by atoms with Crippen molar-refractivity contribution in [3.05, 3.63) is 35.9 Å². The van der Waals surface area contributed by atoms with Gasteiger partial charge in [-0.3, -0.25) is 4.79 Å². The van der Waals surface area contributed by atoms with Gasteiger partial charge >= 0.3 is 0 Å². The molecule has 24 heavy (non-hydrogen) atoms. The average molecular weight is 446 g/mol. The molecule has 0 aliphatic carbocycles. The third-order valence-corrected chi connectivity index (χ3v) is 3.32. The topological polar surface area (TPSA) is 65.5 Å². The number of nitrogens with one attached hydrogen (secondary N) is 3. The van der Waals surface area contributed by atoms with Gasteiger partial charge in [0.2, 0.25) is 5.91 Å². The van der Waals surface area contributed by atoms with Gasteiger partial charge in [0.25, 0.3) is 0 Å². The van der Waals surface area contributed by atoms with Crippen LogP contribution in [0.15, 0.2) is 35.3 Å². The highest BCUT2D eigenvalue weighted by Crippen LogP contribution is 1.98. The van der Waals surface area contributed by atoms with Gasteiger partial charge in [-0.25, -0.2) is 4.99 Å². The largest absolute Gasteiger partial charge is 0.357 e. The molecule has 0 fully saturated rings. The summed E-state index contributed by atoms with van der Waals surface area (Å²) in [6.45, 7) is 8.81. The Morgan fingerprint density at radius 2 is 1.79 bits per heavy atom. The van der Waals surface area contributed by atoms with Gasteiger partial charge in [-0.2, -0.15) is 0 Å².